The number of Topliss-reactive ketones (excluding diaryl/α,β-unsaturated/α-hetero) is 1. The number of aliphatic carboxylic acids is 1. The Labute approximate surface area is 234 Å². The number of aromatic nitrogens is 1. The SMILES string of the molecule is Cc1c(-c2ccc(F)c(Oc3ccccc3)c2)c(/C=C/C(O)CC(=O)CC(=O)O)c(C(C)C)n1N1CCCCC1. The molecule has 4 rings (SSSR count). The third kappa shape index (κ3) is 6.80. The van der Waals surface area contributed by atoms with Crippen LogP contribution in [0.3, 0.4) is 0 Å². The molecule has 0 saturated carbocycles. The number of halogens is 1. The second kappa shape index (κ2) is 13.0. The van der Waals surface area contributed by atoms with Crippen LogP contribution in [0.4, 0.5) is 4.39 Å². The molecule has 1 atom stereocenters. The molecule has 0 spiro atoms. The fraction of sp³-hybridized carbons (Fsp3) is 0.375. The van der Waals surface area contributed by atoms with Crippen LogP contribution in [-0.4, -0.2) is 45.8 Å². The average molecular weight is 549 g/mol. The normalized spacial score (nSPS) is 14.6. The highest BCUT2D eigenvalue weighted by atomic mass is 19.1. The molecule has 8 heteroatoms. The number of ether oxygens (including phenoxy) is 1. The van der Waals surface area contributed by atoms with E-state index in [4.69, 9.17) is 9.84 Å². The molecule has 1 aromatic heterocycles. The van der Waals surface area contributed by atoms with E-state index in [0.29, 0.717) is 5.75 Å². The molecule has 1 saturated heterocycles. The largest absolute Gasteiger partial charge is 0.481 e. The monoisotopic (exact) mass is 548 g/mol. The highest BCUT2D eigenvalue weighted by Crippen LogP contribution is 2.40. The van der Waals surface area contributed by atoms with E-state index in [0.717, 1.165) is 54.0 Å². The molecule has 7 nitrogen and oxygen atoms in total. The van der Waals surface area contributed by atoms with Crippen molar-refractivity contribution in [2.24, 2.45) is 0 Å². The van der Waals surface area contributed by atoms with E-state index in [1.165, 1.54) is 18.6 Å². The van der Waals surface area contributed by atoms with Crippen molar-refractivity contribution in [2.45, 2.75) is 64.9 Å². The second-order valence-corrected chi connectivity index (χ2v) is 10.5. The van der Waals surface area contributed by atoms with Crippen LogP contribution in [0.15, 0.2) is 54.6 Å². The number of aliphatic hydroxyl groups excluding tert-OH is 1. The lowest BCUT2D eigenvalue weighted by atomic mass is 9.96. The zero-order chi connectivity index (χ0) is 28.8. The van der Waals surface area contributed by atoms with E-state index >= 15 is 0 Å². The van der Waals surface area contributed by atoms with Crippen molar-refractivity contribution >= 4 is 17.8 Å². The van der Waals surface area contributed by atoms with Gasteiger partial charge in [-0.2, -0.15) is 0 Å². The maximum absolute atomic E-state index is 14.9. The molecule has 2 heterocycles. The zero-order valence-corrected chi connectivity index (χ0v) is 23.3. The summed E-state index contributed by atoms with van der Waals surface area (Å²) in [4.78, 5) is 22.9. The number of nitrogens with zero attached hydrogens (tertiary/aromatic N) is 2. The lowest BCUT2D eigenvalue weighted by Gasteiger charge is -2.33. The number of hydrogen-bond acceptors (Lipinski definition) is 5. The number of aliphatic hydroxyl groups is 1. The molecule has 0 aliphatic carbocycles. The van der Waals surface area contributed by atoms with Crippen molar-refractivity contribution in [3.8, 4) is 22.6 Å². The van der Waals surface area contributed by atoms with Crippen LogP contribution in [0.5, 0.6) is 11.5 Å². The van der Waals surface area contributed by atoms with Crippen LogP contribution in [0.1, 0.15) is 68.8 Å². The van der Waals surface area contributed by atoms with Gasteiger partial charge < -0.3 is 20.0 Å². The van der Waals surface area contributed by atoms with Gasteiger partial charge in [0.05, 0.1) is 11.8 Å². The molecular weight excluding hydrogens is 511 g/mol. The van der Waals surface area contributed by atoms with Gasteiger partial charge in [0.25, 0.3) is 0 Å². The molecular formula is C32H37FN2O5. The van der Waals surface area contributed by atoms with Crippen LogP contribution in [-0.2, 0) is 9.59 Å². The number of rotatable bonds is 11. The van der Waals surface area contributed by atoms with E-state index in [1.54, 1.807) is 30.3 Å². The van der Waals surface area contributed by atoms with Crippen LogP contribution in [0.2, 0.25) is 0 Å². The summed E-state index contributed by atoms with van der Waals surface area (Å²) in [6.45, 7) is 8.09. The van der Waals surface area contributed by atoms with Crippen molar-refractivity contribution in [3.63, 3.8) is 0 Å². The van der Waals surface area contributed by atoms with Crippen molar-refractivity contribution in [1.29, 1.82) is 0 Å². The molecule has 40 heavy (non-hydrogen) atoms. The molecule has 2 aromatic carbocycles. The van der Waals surface area contributed by atoms with Crippen LogP contribution >= 0.6 is 0 Å². The summed E-state index contributed by atoms with van der Waals surface area (Å²) in [7, 11) is 0. The van der Waals surface area contributed by atoms with Gasteiger partial charge in [0, 0.05) is 36.3 Å². The number of piperidine rings is 1. The molecule has 1 aliphatic rings. The highest BCUT2D eigenvalue weighted by molar-refractivity contribution is 5.95. The lowest BCUT2D eigenvalue weighted by Crippen LogP contribution is -2.41. The second-order valence-electron chi connectivity index (χ2n) is 10.5. The summed E-state index contributed by atoms with van der Waals surface area (Å²) in [5.74, 6) is -1.50. The molecule has 1 unspecified atom stereocenters. The van der Waals surface area contributed by atoms with Crippen molar-refractivity contribution < 1.29 is 28.9 Å². The Morgan fingerprint density at radius 3 is 2.42 bits per heavy atom. The van der Waals surface area contributed by atoms with Crippen molar-refractivity contribution in [1.82, 2.24) is 4.68 Å². The van der Waals surface area contributed by atoms with E-state index < -0.39 is 30.1 Å². The number of ketones is 1. The van der Waals surface area contributed by atoms with Gasteiger partial charge in [-0.1, -0.05) is 50.3 Å². The van der Waals surface area contributed by atoms with E-state index in [9.17, 15) is 19.1 Å². The molecule has 3 aromatic rings. The van der Waals surface area contributed by atoms with Gasteiger partial charge in [0.2, 0.25) is 0 Å². The molecule has 2 N–H and O–H groups in total. The zero-order valence-electron chi connectivity index (χ0n) is 23.3. The minimum atomic E-state index is -1.22. The average Bonchev–Trinajstić information content (AvgIpc) is 3.21. The number of carbonyl (C=O) groups is 2. The van der Waals surface area contributed by atoms with Crippen molar-refractivity contribution in [2.75, 3.05) is 18.1 Å². The van der Waals surface area contributed by atoms with E-state index in [2.05, 4.69) is 23.5 Å². The van der Waals surface area contributed by atoms with Gasteiger partial charge in [0.1, 0.15) is 18.0 Å². The molecule has 212 valence electrons. The maximum Gasteiger partial charge on any atom is 0.310 e. The molecule has 0 amide bonds. The summed E-state index contributed by atoms with van der Waals surface area (Å²) in [6, 6.07) is 13.9. The van der Waals surface area contributed by atoms with E-state index in [-0.39, 0.29) is 18.1 Å². The third-order valence-electron chi connectivity index (χ3n) is 7.08. The Hall–Kier alpha value is -3.91. The highest BCUT2D eigenvalue weighted by Gasteiger charge is 2.27. The third-order valence-corrected chi connectivity index (χ3v) is 7.08. The first-order chi connectivity index (χ1) is 19.2. The van der Waals surface area contributed by atoms with Gasteiger partial charge in [-0.15, -0.1) is 0 Å². The summed E-state index contributed by atoms with van der Waals surface area (Å²) < 4.78 is 23.0. The van der Waals surface area contributed by atoms with E-state index in [1.807, 2.05) is 25.1 Å². The predicted molar refractivity (Wildman–Crippen MR) is 154 cm³/mol. The number of para-hydroxylation sites is 1. The van der Waals surface area contributed by atoms with Gasteiger partial charge in [-0.3, -0.25) is 14.3 Å². The van der Waals surface area contributed by atoms with Crippen LogP contribution in [0, 0.1) is 12.7 Å². The van der Waals surface area contributed by atoms with Crippen LogP contribution < -0.4 is 9.75 Å². The molecule has 1 aliphatic heterocycles. The summed E-state index contributed by atoms with van der Waals surface area (Å²) >= 11 is 0. The van der Waals surface area contributed by atoms with Gasteiger partial charge in [0.15, 0.2) is 11.6 Å². The standard InChI is InChI=1S/C32H37FN2O5/c1-21(2)32-27(14-13-24(36)19-25(37)20-30(38)39)31(22(3)35(32)34-16-8-5-9-17-34)23-12-15-28(33)29(18-23)40-26-10-6-4-7-11-26/h4,6-7,10-15,18,21,24,36H,5,8-9,16-17,19-20H2,1-3H3,(H,38,39)/b14-13+. The number of carboxylic acids is 1. The Balaban J connectivity index is 1.82. The molecule has 0 bridgehead atoms. The first-order valence-corrected chi connectivity index (χ1v) is 13.8. The van der Waals surface area contributed by atoms with Gasteiger partial charge >= 0.3 is 5.97 Å². The molecule has 0 radical (unpaired) electrons. The maximum atomic E-state index is 14.9. The number of carbonyl (C=O) groups excluding carboxylic acids is 1. The number of hydrogen-bond donors (Lipinski definition) is 2. The Kier molecular flexibility index (Phi) is 9.42. The first kappa shape index (κ1) is 29.1. The van der Waals surface area contributed by atoms with Crippen LogP contribution in [0.25, 0.3) is 17.2 Å². The van der Waals surface area contributed by atoms with Crippen molar-refractivity contribution in [3.05, 3.63) is 77.4 Å². The Morgan fingerprint density at radius 2 is 1.77 bits per heavy atom. The summed E-state index contributed by atoms with van der Waals surface area (Å²) in [5.41, 5.74) is 4.54. The quantitative estimate of drug-likeness (QED) is 0.268. The minimum absolute atomic E-state index is 0.106. The predicted octanol–water partition coefficient (Wildman–Crippen LogP) is 6.45. The smallest absolute Gasteiger partial charge is 0.310 e. The fourth-order valence-corrected chi connectivity index (χ4v) is 5.36. The van der Waals surface area contributed by atoms with Gasteiger partial charge in [-0.05, 0) is 61.9 Å². The fourth-order valence-electron chi connectivity index (χ4n) is 5.36. The Bertz CT molecular complexity index is 1370. The topological polar surface area (TPSA) is 92.0 Å². The number of carboxylic acid groups (broad SMARTS) is 1. The number of benzene rings is 2. The minimum Gasteiger partial charge on any atom is -0.481 e. The Morgan fingerprint density at radius 1 is 1.07 bits per heavy atom. The first-order valence-electron chi connectivity index (χ1n) is 13.8. The van der Waals surface area contributed by atoms with Gasteiger partial charge in [-0.25, -0.2) is 4.39 Å². The summed E-state index contributed by atoms with van der Waals surface area (Å²) in [5, 5.41) is 21.8. The lowest BCUT2D eigenvalue weighted by molar-refractivity contribution is -0.140. The molecule has 1 fully saturated rings. The summed E-state index contributed by atoms with van der Waals surface area (Å²) in [6.07, 6.45) is 4.65.